The highest BCUT2D eigenvalue weighted by molar-refractivity contribution is 5.82. The molecule has 0 radical (unpaired) electrons. The van der Waals surface area contributed by atoms with Gasteiger partial charge in [-0.05, 0) is 51.0 Å². The Morgan fingerprint density at radius 3 is 2.33 bits per heavy atom. The molecule has 21 heavy (non-hydrogen) atoms. The summed E-state index contributed by atoms with van der Waals surface area (Å²) in [6.07, 6.45) is 10.0. The molecule has 3 fully saturated rings. The molecule has 0 saturated heterocycles. The van der Waals surface area contributed by atoms with Crippen LogP contribution in [0.3, 0.4) is 0 Å². The molecule has 3 saturated carbocycles. The second-order valence-electron chi connectivity index (χ2n) is 7.16. The number of nitrogens with zero attached hydrogens (tertiary/aromatic N) is 1. The summed E-state index contributed by atoms with van der Waals surface area (Å²) in [6.45, 7) is 4.09. The van der Waals surface area contributed by atoms with E-state index in [1.807, 2.05) is 0 Å². The smallest absolute Gasteiger partial charge is 0.327 e. The molecule has 3 aliphatic rings. The molecule has 3 aliphatic carbocycles. The highest BCUT2D eigenvalue weighted by atomic mass is 16.5. The fourth-order valence-electron chi connectivity index (χ4n) is 4.02. The summed E-state index contributed by atoms with van der Waals surface area (Å²) in [5.41, 5.74) is -0.450. The second-order valence-corrected chi connectivity index (χ2v) is 7.16. The predicted molar refractivity (Wildman–Crippen MR) is 83.1 cm³/mol. The number of methoxy groups -OCH3 is 1. The molecular weight excluding hydrogens is 264 g/mol. The van der Waals surface area contributed by atoms with Gasteiger partial charge in [0.1, 0.15) is 5.54 Å². The first kappa shape index (κ1) is 15.3. The highest BCUT2D eigenvalue weighted by Gasteiger charge is 2.54. The molecule has 0 spiro atoms. The molecular formula is C17H30N2O2. The van der Waals surface area contributed by atoms with Crippen molar-refractivity contribution in [3.8, 4) is 0 Å². The Morgan fingerprint density at radius 1 is 1.19 bits per heavy atom. The normalized spacial score (nSPS) is 26.0. The first-order chi connectivity index (χ1) is 10.2. The van der Waals surface area contributed by atoms with E-state index < -0.39 is 5.54 Å². The van der Waals surface area contributed by atoms with Crippen LogP contribution >= 0.6 is 0 Å². The summed E-state index contributed by atoms with van der Waals surface area (Å²) in [5, 5.41) is 3.69. The molecule has 1 unspecified atom stereocenters. The number of rotatable bonds is 8. The number of likely N-dealkylation sites (N-methyl/N-ethyl adjacent to an activating group) is 1. The lowest BCUT2D eigenvalue weighted by Crippen LogP contribution is -2.62. The van der Waals surface area contributed by atoms with Gasteiger partial charge in [0.25, 0.3) is 0 Å². The lowest BCUT2D eigenvalue weighted by atomic mass is 9.91. The maximum absolute atomic E-state index is 12.6. The van der Waals surface area contributed by atoms with E-state index in [4.69, 9.17) is 4.74 Å². The van der Waals surface area contributed by atoms with Gasteiger partial charge < -0.3 is 4.74 Å². The van der Waals surface area contributed by atoms with Crippen molar-refractivity contribution in [2.45, 2.75) is 75.9 Å². The van der Waals surface area contributed by atoms with Crippen molar-refractivity contribution in [2.24, 2.45) is 5.92 Å². The van der Waals surface area contributed by atoms with E-state index in [1.54, 1.807) is 7.11 Å². The molecule has 1 N–H and O–H groups in total. The average molecular weight is 294 g/mol. The predicted octanol–water partition coefficient (Wildman–Crippen LogP) is 2.32. The maximum atomic E-state index is 12.6. The Bertz CT molecular complexity index is 373. The number of ether oxygens (including phenoxy) is 1. The van der Waals surface area contributed by atoms with Crippen LogP contribution in [-0.4, -0.2) is 48.7 Å². The van der Waals surface area contributed by atoms with Gasteiger partial charge in [-0.25, -0.2) is 4.79 Å². The van der Waals surface area contributed by atoms with Gasteiger partial charge in [-0.3, -0.25) is 10.2 Å². The number of carbonyl (C=O) groups is 1. The van der Waals surface area contributed by atoms with Crippen LogP contribution < -0.4 is 5.32 Å². The lowest BCUT2D eigenvalue weighted by Gasteiger charge is -2.39. The molecule has 0 heterocycles. The monoisotopic (exact) mass is 294 g/mol. The van der Waals surface area contributed by atoms with Crippen LogP contribution in [-0.2, 0) is 9.53 Å². The molecule has 0 amide bonds. The summed E-state index contributed by atoms with van der Waals surface area (Å²) in [7, 11) is 1.54. The van der Waals surface area contributed by atoms with Crippen molar-refractivity contribution in [3.05, 3.63) is 0 Å². The standard InChI is InChI=1S/C17H30N2O2/c1-3-19(15-6-4-5-7-15)12-17(13-8-9-13,16(20)21-2)18-14-10-11-14/h13-15,18H,3-12H2,1-2H3. The molecule has 3 rings (SSSR count). The Morgan fingerprint density at radius 2 is 1.86 bits per heavy atom. The van der Waals surface area contributed by atoms with Crippen LogP contribution in [0.2, 0.25) is 0 Å². The fraction of sp³-hybridized carbons (Fsp3) is 0.941. The molecule has 4 nitrogen and oxygen atoms in total. The van der Waals surface area contributed by atoms with Crippen molar-refractivity contribution in [2.75, 3.05) is 20.2 Å². The first-order valence-corrected chi connectivity index (χ1v) is 8.79. The zero-order valence-corrected chi connectivity index (χ0v) is 13.6. The van der Waals surface area contributed by atoms with Crippen LogP contribution in [0.1, 0.15) is 58.3 Å². The number of carbonyl (C=O) groups excluding carboxylic acids is 1. The van der Waals surface area contributed by atoms with Crippen molar-refractivity contribution in [3.63, 3.8) is 0 Å². The fourth-order valence-corrected chi connectivity index (χ4v) is 4.02. The van der Waals surface area contributed by atoms with Crippen molar-refractivity contribution in [1.29, 1.82) is 0 Å². The van der Waals surface area contributed by atoms with Gasteiger partial charge in [0.05, 0.1) is 7.11 Å². The van der Waals surface area contributed by atoms with E-state index in [2.05, 4.69) is 17.1 Å². The van der Waals surface area contributed by atoms with Gasteiger partial charge in [0.2, 0.25) is 0 Å². The zero-order valence-electron chi connectivity index (χ0n) is 13.6. The van der Waals surface area contributed by atoms with Crippen LogP contribution in [0, 0.1) is 5.92 Å². The van der Waals surface area contributed by atoms with Gasteiger partial charge in [-0.1, -0.05) is 19.8 Å². The van der Waals surface area contributed by atoms with E-state index >= 15 is 0 Å². The van der Waals surface area contributed by atoms with Gasteiger partial charge in [0, 0.05) is 18.6 Å². The third-order valence-corrected chi connectivity index (χ3v) is 5.56. The first-order valence-electron chi connectivity index (χ1n) is 8.79. The molecule has 0 aromatic carbocycles. The lowest BCUT2D eigenvalue weighted by molar-refractivity contribution is -0.151. The van der Waals surface area contributed by atoms with Crippen LogP contribution in [0.5, 0.6) is 0 Å². The van der Waals surface area contributed by atoms with Crippen molar-refractivity contribution >= 4 is 5.97 Å². The Hall–Kier alpha value is -0.610. The molecule has 120 valence electrons. The third-order valence-electron chi connectivity index (χ3n) is 5.56. The summed E-state index contributed by atoms with van der Waals surface area (Å²) in [4.78, 5) is 15.2. The quantitative estimate of drug-likeness (QED) is 0.698. The minimum atomic E-state index is -0.450. The molecule has 0 aromatic heterocycles. The zero-order chi connectivity index (χ0) is 14.9. The summed E-state index contributed by atoms with van der Waals surface area (Å²) < 4.78 is 5.23. The molecule has 0 aliphatic heterocycles. The van der Waals surface area contributed by atoms with Crippen LogP contribution in [0.15, 0.2) is 0 Å². The highest BCUT2D eigenvalue weighted by Crippen LogP contribution is 2.43. The number of hydrogen-bond donors (Lipinski definition) is 1. The number of nitrogens with one attached hydrogen (secondary N) is 1. The molecule has 1 atom stereocenters. The Labute approximate surface area is 128 Å². The van der Waals surface area contributed by atoms with E-state index in [0.29, 0.717) is 18.0 Å². The largest absolute Gasteiger partial charge is 0.468 e. The molecule has 0 bridgehead atoms. The van der Waals surface area contributed by atoms with Crippen LogP contribution in [0.25, 0.3) is 0 Å². The second kappa shape index (κ2) is 6.25. The topological polar surface area (TPSA) is 41.6 Å². The SMILES string of the molecule is CCN(CC(NC1CC1)(C(=O)OC)C1CC1)C1CCCC1. The minimum absolute atomic E-state index is 0.0339. The summed E-state index contributed by atoms with van der Waals surface area (Å²) >= 11 is 0. The van der Waals surface area contributed by atoms with Gasteiger partial charge >= 0.3 is 5.97 Å². The molecule has 4 heteroatoms. The minimum Gasteiger partial charge on any atom is -0.468 e. The van der Waals surface area contributed by atoms with Crippen LogP contribution in [0.4, 0.5) is 0 Å². The van der Waals surface area contributed by atoms with E-state index in [1.165, 1.54) is 38.5 Å². The van der Waals surface area contributed by atoms with E-state index in [9.17, 15) is 4.79 Å². The van der Waals surface area contributed by atoms with Crippen molar-refractivity contribution in [1.82, 2.24) is 10.2 Å². The number of hydrogen-bond acceptors (Lipinski definition) is 4. The molecule has 0 aromatic rings. The van der Waals surface area contributed by atoms with E-state index in [-0.39, 0.29) is 5.97 Å². The average Bonchev–Trinajstić information content (AvgIpc) is 3.43. The Kier molecular flexibility index (Phi) is 4.55. The Balaban J connectivity index is 1.77. The maximum Gasteiger partial charge on any atom is 0.327 e. The van der Waals surface area contributed by atoms with Gasteiger partial charge in [-0.2, -0.15) is 0 Å². The third kappa shape index (κ3) is 3.26. The van der Waals surface area contributed by atoms with Gasteiger partial charge in [-0.15, -0.1) is 0 Å². The van der Waals surface area contributed by atoms with E-state index in [0.717, 1.165) is 25.9 Å². The van der Waals surface area contributed by atoms with Crippen molar-refractivity contribution < 1.29 is 9.53 Å². The summed E-state index contributed by atoms with van der Waals surface area (Å²) in [5.74, 6) is 0.439. The summed E-state index contributed by atoms with van der Waals surface area (Å²) in [6, 6.07) is 1.20. The number of esters is 1. The van der Waals surface area contributed by atoms with Gasteiger partial charge in [0.15, 0.2) is 0 Å².